The van der Waals surface area contributed by atoms with Gasteiger partial charge in [-0.1, -0.05) is 27.7 Å². The van der Waals surface area contributed by atoms with Crippen LogP contribution in [0.4, 0.5) is 0 Å². The summed E-state index contributed by atoms with van der Waals surface area (Å²) in [7, 11) is 4.24. The molecule has 1 heterocycles. The minimum Gasteiger partial charge on any atom is -0.392 e. The van der Waals surface area contributed by atoms with Crippen molar-refractivity contribution in [1.82, 2.24) is 15.1 Å². The summed E-state index contributed by atoms with van der Waals surface area (Å²) in [6, 6.07) is 1.02. The smallest absolute Gasteiger partial charge is 0.0682 e. The maximum absolute atomic E-state index is 10.1. The first-order chi connectivity index (χ1) is 9.81. The summed E-state index contributed by atoms with van der Waals surface area (Å²) in [5, 5.41) is 13.7. The maximum Gasteiger partial charge on any atom is 0.0682 e. The first-order valence-electron chi connectivity index (χ1n) is 8.62. The zero-order valence-corrected chi connectivity index (χ0v) is 15.0. The van der Waals surface area contributed by atoms with Crippen molar-refractivity contribution < 1.29 is 5.11 Å². The van der Waals surface area contributed by atoms with Crippen LogP contribution in [0.1, 0.15) is 47.0 Å². The molecule has 1 saturated heterocycles. The van der Waals surface area contributed by atoms with Crippen LogP contribution in [0.2, 0.25) is 0 Å². The second-order valence-corrected chi connectivity index (χ2v) is 7.48. The highest BCUT2D eigenvalue weighted by molar-refractivity contribution is 4.92. The van der Waals surface area contributed by atoms with Crippen LogP contribution in [-0.4, -0.2) is 73.4 Å². The molecule has 1 fully saturated rings. The van der Waals surface area contributed by atoms with Gasteiger partial charge in [-0.05, 0) is 38.8 Å². The quantitative estimate of drug-likeness (QED) is 0.681. The average molecular weight is 300 g/mol. The Kier molecular flexibility index (Phi) is 7.62. The lowest BCUT2D eigenvalue weighted by Gasteiger charge is -2.39. The molecular weight excluding hydrogens is 262 g/mol. The van der Waals surface area contributed by atoms with Gasteiger partial charge in [0.05, 0.1) is 6.10 Å². The van der Waals surface area contributed by atoms with Gasteiger partial charge in [-0.25, -0.2) is 0 Å². The van der Waals surface area contributed by atoms with E-state index in [0.29, 0.717) is 17.5 Å². The van der Waals surface area contributed by atoms with Crippen LogP contribution in [-0.2, 0) is 0 Å². The van der Waals surface area contributed by atoms with E-state index in [2.05, 4.69) is 56.9 Å². The molecule has 0 aromatic carbocycles. The third-order valence-electron chi connectivity index (χ3n) is 5.01. The van der Waals surface area contributed by atoms with E-state index in [4.69, 9.17) is 0 Å². The molecule has 1 aliphatic rings. The molecule has 126 valence electrons. The Hall–Kier alpha value is -0.160. The number of β-amino-alcohol motifs (C(OH)–C–C–N with tert-alkyl or cyclic N) is 1. The fourth-order valence-electron chi connectivity index (χ4n) is 3.39. The SMILES string of the molecule is CCC(CC)(CNC(C)C)CN1CC(O)CC1CN(C)C. The molecule has 0 aromatic rings. The number of likely N-dealkylation sites (N-methyl/N-ethyl adjacent to an activating group) is 1. The number of likely N-dealkylation sites (tertiary alicyclic amines) is 1. The van der Waals surface area contributed by atoms with Crippen molar-refractivity contribution in [2.45, 2.75) is 65.1 Å². The largest absolute Gasteiger partial charge is 0.392 e. The van der Waals surface area contributed by atoms with Crippen molar-refractivity contribution in [3.05, 3.63) is 0 Å². The second kappa shape index (κ2) is 8.47. The van der Waals surface area contributed by atoms with Crippen molar-refractivity contribution in [1.29, 1.82) is 0 Å². The molecule has 1 rings (SSSR count). The molecule has 2 atom stereocenters. The van der Waals surface area contributed by atoms with E-state index >= 15 is 0 Å². The summed E-state index contributed by atoms with van der Waals surface area (Å²) in [5.41, 5.74) is 0.318. The van der Waals surface area contributed by atoms with Gasteiger partial charge in [0, 0.05) is 38.3 Å². The Labute approximate surface area is 131 Å². The van der Waals surface area contributed by atoms with Crippen molar-refractivity contribution in [2.75, 3.05) is 40.3 Å². The molecule has 1 aliphatic heterocycles. The van der Waals surface area contributed by atoms with Gasteiger partial charge < -0.3 is 15.3 Å². The lowest BCUT2D eigenvalue weighted by Crippen LogP contribution is -2.48. The van der Waals surface area contributed by atoms with Crippen LogP contribution in [0.25, 0.3) is 0 Å². The summed E-state index contributed by atoms with van der Waals surface area (Å²) in [4.78, 5) is 4.77. The summed E-state index contributed by atoms with van der Waals surface area (Å²) in [5.74, 6) is 0. The van der Waals surface area contributed by atoms with Gasteiger partial charge >= 0.3 is 0 Å². The molecule has 0 radical (unpaired) electrons. The van der Waals surface area contributed by atoms with Gasteiger partial charge in [0.25, 0.3) is 0 Å². The van der Waals surface area contributed by atoms with E-state index in [0.717, 1.165) is 32.6 Å². The van der Waals surface area contributed by atoms with Crippen LogP contribution in [0.3, 0.4) is 0 Å². The topological polar surface area (TPSA) is 38.7 Å². The first-order valence-corrected chi connectivity index (χ1v) is 8.62. The molecule has 21 heavy (non-hydrogen) atoms. The summed E-state index contributed by atoms with van der Waals surface area (Å²) < 4.78 is 0. The van der Waals surface area contributed by atoms with Crippen molar-refractivity contribution in [3.8, 4) is 0 Å². The standard InChI is InChI=1S/C17H37N3O/c1-7-17(8-2,12-18-14(3)4)13-20-11-16(21)9-15(20)10-19(5)6/h14-16,18,21H,7-13H2,1-6H3. The summed E-state index contributed by atoms with van der Waals surface area (Å²) in [6.07, 6.45) is 3.13. The number of aliphatic hydroxyl groups excluding tert-OH is 1. The lowest BCUT2D eigenvalue weighted by atomic mass is 9.81. The minimum absolute atomic E-state index is 0.153. The number of aliphatic hydroxyl groups is 1. The van der Waals surface area contributed by atoms with Crippen LogP contribution < -0.4 is 5.32 Å². The number of rotatable bonds is 9. The Balaban J connectivity index is 2.71. The van der Waals surface area contributed by atoms with Gasteiger partial charge in [0.2, 0.25) is 0 Å². The number of hydrogen-bond acceptors (Lipinski definition) is 4. The van der Waals surface area contributed by atoms with Gasteiger partial charge in [-0.15, -0.1) is 0 Å². The molecule has 4 heteroatoms. The third-order valence-corrected chi connectivity index (χ3v) is 5.01. The highest BCUT2D eigenvalue weighted by Gasteiger charge is 2.37. The molecule has 2 unspecified atom stereocenters. The summed E-state index contributed by atoms with van der Waals surface area (Å²) >= 11 is 0. The Bertz CT molecular complexity index is 290. The monoisotopic (exact) mass is 299 g/mol. The zero-order chi connectivity index (χ0) is 16.0. The second-order valence-electron chi connectivity index (χ2n) is 7.48. The Morgan fingerprint density at radius 1 is 1.29 bits per heavy atom. The molecule has 0 aromatic heterocycles. The predicted octanol–water partition coefficient (Wildman–Crippen LogP) is 1.79. The van der Waals surface area contributed by atoms with Crippen LogP contribution in [0.15, 0.2) is 0 Å². The Morgan fingerprint density at radius 2 is 1.90 bits per heavy atom. The number of nitrogens with zero attached hydrogens (tertiary/aromatic N) is 2. The van der Waals surface area contributed by atoms with E-state index < -0.39 is 0 Å². The molecule has 2 N–H and O–H groups in total. The molecule has 0 saturated carbocycles. The highest BCUT2D eigenvalue weighted by atomic mass is 16.3. The van der Waals surface area contributed by atoms with E-state index in [9.17, 15) is 5.11 Å². The zero-order valence-electron chi connectivity index (χ0n) is 15.0. The van der Waals surface area contributed by atoms with Gasteiger partial charge in [-0.3, -0.25) is 4.90 Å². The molecule has 0 spiro atoms. The van der Waals surface area contributed by atoms with Crippen LogP contribution in [0.5, 0.6) is 0 Å². The summed E-state index contributed by atoms with van der Waals surface area (Å²) in [6.45, 7) is 13.1. The molecule has 0 bridgehead atoms. The minimum atomic E-state index is -0.153. The molecule has 4 nitrogen and oxygen atoms in total. The highest BCUT2D eigenvalue weighted by Crippen LogP contribution is 2.31. The Morgan fingerprint density at radius 3 is 2.38 bits per heavy atom. The average Bonchev–Trinajstić information content (AvgIpc) is 2.73. The number of hydrogen-bond donors (Lipinski definition) is 2. The first kappa shape index (κ1) is 18.9. The molecular formula is C17H37N3O. The van der Waals surface area contributed by atoms with Crippen LogP contribution in [0, 0.1) is 5.41 Å². The van der Waals surface area contributed by atoms with Gasteiger partial charge in [0.1, 0.15) is 0 Å². The lowest BCUT2D eigenvalue weighted by molar-refractivity contribution is 0.102. The van der Waals surface area contributed by atoms with E-state index in [1.54, 1.807) is 0 Å². The normalized spacial score (nSPS) is 24.4. The van der Waals surface area contributed by atoms with Gasteiger partial charge in [0.15, 0.2) is 0 Å². The van der Waals surface area contributed by atoms with Crippen molar-refractivity contribution in [2.24, 2.45) is 5.41 Å². The van der Waals surface area contributed by atoms with E-state index in [-0.39, 0.29) is 6.10 Å². The fraction of sp³-hybridized carbons (Fsp3) is 1.00. The molecule has 0 amide bonds. The number of nitrogens with one attached hydrogen (secondary N) is 1. The van der Waals surface area contributed by atoms with Crippen molar-refractivity contribution in [3.63, 3.8) is 0 Å². The van der Waals surface area contributed by atoms with Crippen LogP contribution >= 0.6 is 0 Å². The molecule has 0 aliphatic carbocycles. The predicted molar refractivity (Wildman–Crippen MR) is 90.7 cm³/mol. The van der Waals surface area contributed by atoms with E-state index in [1.165, 1.54) is 12.8 Å². The maximum atomic E-state index is 10.1. The van der Waals surface area contributed by atoms with Gasteiger partial charge in [-0.2, -0.15) is 0 Å². The van der Waals surface area contributed by atoms with Crippen molar-refractivity contribution >= 4 is 0 Å². The third kappa shape index (κ3) is 5.85. The fourth-order valence-corrected chi connectivity index (χ4v) is 3.39. The van der Waals surface area contributed by atoms with E-state index in [1.807, 2.05) is 0 Å².